The minimum absolute atomic E-state index is 0.652. The van der Waals surface area contributed by atoms with Gasteiger partial charge in [-0.25, -0.2) is 0 Å². The smallest absolute Gasteiger partial charge is 0.0483 e. The van der Waals surface area contributed by atoms with Gasteiger partial charge in [0.25, 0.3) is 0 Å². The van der Waals surface area contributed by atoms with E-state index in [0.717, 1.165) is 0 Å². The van der Waals surface area contributed by atoms with Gasteiger partial charge in [-0.1, -0.05) is 18.2 Å². The molecule has 0 spiro atoms. The second kappa shape index (κ2) is 3.95. The van der Waals surface area contributed by atoms with Crippen LogP contribution in [0.2, 0.25) is 0 Å². The summed E-state index contributed by atoms with van der Waals surface area (Å²) < 4.78 is 2.45. The molecule has 0 amide bonds. The Bertz CT molecular complexity index is 486. The zero-order valence-corrected chi connectivity index (χ0v) is 9.76. The van der Waals surface area contributed by atoms with E-state index in [9.17, 15) is 0 Å². The van der Waals surface area contributed by atoms with Crippen LogP contribution in [0.25, 0.3) is 10.9 Å². The molecule has 2 nitrogen and oxygen atoms in total. The fourth-order valence-electron chi connectivity index (χ4n) is 2.79. The van der Waals surface area contributed by atoms with Crippen molar-refractivity contribution < 1.29 is 0 Å². The average Bonchev–Trinajstić information content (AvgIpc) is 2.72. The van der Waals surface area contributed by atoms with E-state index < -0.39 is 0 Å². The quantitative estimate of drug-likeness (QED) is 0.708. The summed E-state index contributed by atoms with van der Waals surface area (Å²) in [5.74, 6) is 0. The number of para-hydroxylation sites is 1. The number of fused-ring (bicyclic) bond motifs is 1. The van der Waals surface area contributed by atoms with Crippen molar-refractivity contribution >= 4 is 10.9 Å². The zero-order chi connectivity index (χ0) is 11.0. The number of aromatic nitrogens is 1. The number of likely N-dealkylation sites (N-methyl/N-ethyl adjacent to an activating group) is 1. The van der Waals surface area contributed by atoms with Gasteiger partial charge in [0.05, 0.1) is 0 Å². The van der Waals surface area contributed by atoms with Crippen LogP contribution in [0.5, 0.6) is 0 Å². The average molecular weight is 214 g/mol. The Hall–Kier alpha value is -1.28. The Balaban J connectivity index is 1.99. The van der Waals surface area contributed by atoms with Gasteiger partial charge in [-0.05, 0) is 44.0 Å². The molecule has 0 aliphatic carbocycles. The monoisotopic (exact) mass is 214 g/mol. The van der Waals surface area contributed by atoms with Gasteiger partial charge in [0.15, 0.2) is 0 Å². The van der Waals surface area contributed by atoms with E-state index in [1.165, 1.54) is 36.8 Å². The van der Waals surface area contributed by atoms with Crippen molar-refractivity contribution in [1.29, 1.82) is 0 Å². The van der Waals surface area contributed by atoms with E-state index in [0.29, 0.717) is 6.04 Å². The topological polar surface area (TPSA) is 8.17 Å². The number of hydrogen-bond donors (Lipinski definition) is 0. The Labute approximate surface area is 96.5 Å². The SMILES string of the molecule is CN1CCCC(n2ccc3ccccc32)C1. The summed E-state index contributed by atoms with van der Waals surface area (Å²) in [6.07, 6.45) is 4.87. The largest absolute Gasteiger partial charge is 0.343 e. The van der Waals surface area contributed by atoms with Crippen LogP contribution in [-0.2, 0) is 0 Å². The molecule has 2 heteroatoms. The summed E-state index contributed by atoms with van der Waals surface area (Å²) in [4.78, 5) is 2.43. The van der Waals surface area contributed by atoms with Crippen molar-refractivity contribution in [2.45, 2.75) is 18.9 Å². The van der Waals surface area contributed by atoms with E-state index in [-0.39, 0.29) is 0 Å². The highest BCUT2D eigenvalue weighted by Crippen LogP contribution is 2.26. The Morgan fingerprint density at radius 1 is 1.19 bits per heavy atom. The van der Waals surface area contributed by atoms with Gasteiger partial charge < -0.3 is 9.47 Å². The fourth-order valence-corrected chi connectivity index (χ4v) is 2.79. The molecule has 16 heavy (non-hydrogen) atoms. The summed E-state index contributed by atoms with van der Waals surface area (Å²) in [6.45, 7) is 2.42. The molecule has 1 saturated heterocycles. The van der Waals surface area contributed by atoms with E-state index in [4.69, 9.17) is 0 Å². The Morgan fingerprint density at radius 2 is 2.06 bits per heavy atom. The van der Waals surface area contributed by atoms with Crippen LogP contribution < -0.4 is 0 Å². The molecule has 0 saturated carbocycles. The first-order valence-corrected chi connectivity index (χ1v) is 6.09. The highest BCUT2D eigenvalue weighted by atomic mass is 15.2. The molecule has 1 aromatic carbocycles. The van der Waals surface area contributed by atoms with E-state index in [2.05, 4.69) is 53.0 Å². The third-order valence-corrected chi connectivity index (χ3v) is 3.62. The molecular weight excluding hydrogens is 196 g/mol. The standard InChI is InChI=1S/C14H18N2/c1-15-9-4-6-13(11-15)16-10-8-12-5-2-3-7-14(12)16/h2-3,5,7-8,10,13H,4,6,9,11H2,1H3. The predicted molar refractivity (Wildman–Crippen MR) is 67.7 cm³/mol. The number of nitrogens with zero attached hydrogens (tertiary/aromatic N) is 2. The zero-order valence-electron chi connectivity index (χ0n) is 9.76. The van der Waals surface area contributed by atoms with E-state index in [1.54, 1.807) is 0 Å². The summed E-state index contributed by atoms with van der Waals surface area (Å²) in [5.41, 5.74) is 1.38. The van der Waals surface area contributed by atoms with Gasteiger partial charge in [-0.2, -0.15) is 0 Å². The number of benzene rings is 1. The van der Waals surface area contributed by atoms with Gasteiger partial charge in [-0.3, -0.25) is 0 Å². The van der Waals surface area contributed by atoms with Crippen molar-refractivity contribution in [3.8, 4) is 0 Å². The molecule has 2 aromatic rings. The van der Waals surface area contributed by atoms with Crippen molar-refractivity contribution in [1.82, 2.24) is 9.47 Å². The second-order valence-electron chi connectivity index (χ2n) is 4.84. The van der Waals surface area contributed by atoms with Crippen LogP contribution in [0.3, 0.4) is 0 Å². The van der Waals surface area contributed by atoms with E-state index >= 15 is 0 Å². The van der Waals surface area contributed by atoms with E-state index in [1.807, 2.05) is 0 Å². The van der Waals surface area contributed by atoms with Crippen LogP contribution in [-0.4, -0.2) is 29.6 Å². The highest BCUT2D eigenvalue weighted by molar-refractivity contribution is 5.80. The molecule has 3 rings (SSSR count). The van der Waals surface area contributed by atoms with Gasteiger partial charge >= 0.3 is 0 Å². The lowest BCUT2D eigenvalue weighted by atomic mass is 10.1. The summed E-state index contributed by atoms with van der Waals surface area (Å²) in [7, 11) is 2.22. The summed E-state index contributed by atoms with van der Waals surface area (Å²) in [6, 6.07) is 11.5. The van der Waals surface area contributed by atoms with Crippen LogP contribution >= 0.6 is 0 Å². The molecule has 84 valence electrons. The lowest BCUT2D eigenvalue weighted by Gasteiger charge is -2.31. The Morgan fingerprint density at radius 3 is 2.94 bits per heavy atom. The molecule has 0 radical (unpaired) electrons. The molecule has 1 aliphatic rings. The maximum Gasteiger partial charge on any atom is 0.0483 e. The summed E-state index contributed by atoms with van der Waals surface area (Å²) in [5, 5.41) is 1.36. The Kier molecular flexibility index (Phi) is 2.44. The minimum Gasteiger partial charge on any atom is -0.343 e. The molecule has 1 unspecified atom stereocenters. The lowest BCUT2D eigenvalue weighted by molar-refractivity contribution is 0.215. The van der Waals surface area contributed by atoms with Crippen LogP contribution in [0.15, 0.2) is 36.5 Å². The maximum absolute atomic E-state index is 2.45. The van der Waals surface area contributed by atoms with Crippen molar-refractivity contribution in [3.05, 3.63) is 36.5 Å². The second-order valence-corrected chi connectivity index (χ2v) is 4.84. The first-order chi connectivity index (χ1) is 7.84. The van der Waals surface area contributed by atoms with Gasteiger partial charge in [0.1, 0.15) is 0 Å². The number of likely N-dealkylation sites (tertiary alicyclic amines) is 1. The molecule has 1 aliphatic heterocycles. The first kappa shape index (κ1) is 9.91. The molecule has 0 N–H and O–H groups in total. The fraction of sp³-hybridized carbons (Fsp3) is 0.429. The first-order valence-electron chi connectivity index (χ1n) is 6.09. The van der Waals surface area contributed by atoms with Gasteiger partial charge in [-0.15, -0.1) is 0 Å². The molecule has 1 atom stereocenters. The van der Waals surface area contributed by atoms with Crippen LogP contribution in [0, 0.1) is 0 Å². The maximum atomic E-state index is 2.45. The predicted octanol–water partition coefficient (Wildman–Crippen LogP) is 2.91. The summed E-state index contributed by atoms with van der Waals surface area (Å²) >= 11 is 0. The molecule has 1 aromatic heterocycles. The molecule has 0 bridgehead atoms. The number of piperidine rings is 1. The highest BCUT2D eigenvalue weighted by Gasteiger charge is 2.19. The third-order valence-electron chi connectivity index (χ3n) is 3.62. The van der Waals surface area contributed by atoms with Gasteiger partial charge in [0, 0.05) is 24.3 Å². The van der Waals surface area contributed by atoms with Crippen molar-refractivity contribution in [3.63, 3.8) is 0 Å². The van der Waals surface area contributed by atoms with Crippen molar-refractivity contribution in [2.75, 3.05) is 20.1 Å². The molecule has 1 fully saturated rings. The lowest BCUT2D eigenvalue weighted by Crippen LogP contribution is -2.33. The third kappa shape index (κ3) is 1.63. The van der Waals surface area contributed by atoms with Crippen molar-refractivity contribution in [2.24, 2.45) is 0 Å². The number of rotatable bonds is 1. The van der Waals surface area contributed by atoms with Crippen LogP contribution in [0.4, 0.5) is 0 Å². The van der Waals surface area contributed by atoms with Crippen LogP contribution in [0.1, 0.15) is 18.9 Å². The normalized spacial score (nSPS) is 22.7. The molecular formula is C14H18N2. The van der Waals surface area contributed by atoms with Gasteiger partial charge in [0.2, 0.25) is 0 Å². The molecule has 2 heterocycles. The minimum atomic E-state index is 0.652. The number of hydrogen-bond acceptors (Lipinski definition) is 1.